The summed E-state index contributed by atoms with van der Waals surface area (Å²) in [6, 6.07) is 6.12. The van der Waals surface area contributed by atoms with Gasteiger partial charge < -0.3 is 14.5 Å². The lowest BCUT2D eigenvalue weighted by Gasteiger charge is -2.07. The first-order valence-corrected chi connectivity index (χ1v) is 8.93. The van der Waals surface area contributed by atoms with Gasteiger partial charge in [0, 0.05) is 37.0 Å². The molecule has 3 aromatic rings. The summed E-state index contributed by atoms with van der Waals surface area (Å²) in [7, 11) is 0. The predicted molar refractivity (Wildman–Crippen MR) is 100 cm³/mol. The molecule has 0 spiro atoms. The highest BCUT2D eigenvalue weighted by molar-refractivity contribution is 5.95. The van der Waals surface area contributed by atoms with E-state index in [4.69, 9.17) is 4.74 Å². The normalized spacial score (nSPS) is 11.5. The number of carbonyl (C=O) groups is 1. The molecule has 8 nitrogen and oxygen atoms in total. The van der Waals surface area contributed by atoms with Crippen LogP contribution in [-0.2, 0) is 12.6 Å². The van der Waals surface area contributed by atoms with Gasteiger partial charge in [0.1, 0.15) is 5.65 Å². The fraction of sp³-hybridized carbons (Fsp3) is 0.263. The molecule has 3 rings (SSSR count). The second-order valence-corrected chi connectivity index (χ2v) is 6.29. The van der Waals surface area contributed by atoms with Gasteiger partial charge in [-0.3, -0.25) is 14.9 Å². The van der Waals surface area contributed by atoms with E-state index in [-0.39, 0.29) is 36.6 Å². The maximum atomic E-state index is 12.8. The van der Waals surface area contributed by atoms with Gasteiger partial charge in [-0.15, -0.1) is 0 Å². The van der Waals surface area contributed by atoms with Crippen LogP contribution >= 0.6 is 0 Å². The molecule has 0 radical (unpaired) electrons. The number of amides is 1. The average molecular weight is 422 g/mol. The van der Waals surface area contributed by atoms with Crippen molar-refractivity contribution < 1.29 is 27.6 Å². The number of fused-ring (bicyclic) bond motifs is 1. The van der Waals surface area contributed by atoms with E-state index in [1.807, 2.05) is 0 Å². The number of imidazole rings is 1. The molecule has 0 bridgehead atoms. The van der Waals surface area contributed by atoms with E-state index in [1.54, 1.807) is 6.92 Å². The Morgan fingerprint density at radius 2 is 2.03 bits per heavy atom. The maximum Gasteiger partial charge on any atom is 0.417 e. The summed E-state index contributed by atoms with van der Waals surface area (Å²) in [5.74, 6) is -0.453. The standard InChI is InChI=1S/C19H17F3N4O4/c1-2-30-16-5-3-12(9-15(16)26(28)29)18(27)23-8-7-14-11-25-10-13(19(20,21)22)4-6-17(25)24-14/h3-6,9-11H,2,7-8H2,1H3,(H,23,27). The van der Waals surface area contributed by atoms with Crippen molar-refractivity contribution in [1.82, 2.24) is 14.7 Å². The second kappa shape index (κ2) is 8.39. The van der Waals surface area contributed by atoms with Gasteiger partial charge in [0.05, 0.1) is 22.8 Å². The zero-order valence-electron chi connectivity index (χ0n) is 15.8. The van der Waals surface area contributed by atoms with Crippen molar-refractivity contribution in [3.63, 3.8) is 0 Å². The summed E-state index contributed by atoms with van der Waals surface area (Å²) in [5, 5.41) is 13.8. The zero-order valence-corrected chi connectivity index (χ0v) is 15.8. The van der Waals surface area contributed by atoms with Gasteiger partial charge in [-0.25, -0.2) is 4.98 Å². The fourth-order valence-corrected chi connectivity index (χ4v) is 2.82. The van der Waals surface area contributed by atoms with Gasteiger partial charge in [0.25, 0.3) is 5.91 Å². The van der Waals surface area contributed by atoms with Gasteiger partial charge in [-0.05, 0) is 31.2 Å². The Balaban J connectivity index is 1.65. The molecule has 1 N–H and O–H groups in total. The predicted octanol–water partition coefficient (Wildman–Crippen LogP) is 3.63. The third-order valence-electron chi connectivity index (χ3n) is 4.21. The topological polar surface area (TPSA) is 98.8 Å². The van der Waals surface area contributed by atoms with Crippen molar-refractivity contribution in [2.45, 2.75) is 19.5 Å². The molecule has 0 atom stereocenters. The van der Waals surface area contributed by atoms with Gasteiger partial charge in [-0.2, -0.15) is 13.2 Å². The van der Waals surface area contributed by atoms with Crippen LogP contribution < -0.4 is 10.1 Å². The molecular formula is C19H17F3N4O4. The van der Waals surface area contributed by atoms with E-state index in [0.29, 0.717) is 11.3 Å². The molecule has 0 aliphatic carbocycles. The Labute approximate surface area is 168 Å². The molecule has 0 aliphatic heterocycles. The van der Waals surface area contributed by atoms with E-state index in [9.17, 15) is 28.1 Å². The molecule has 158 valence electrons. The molecule has 2 aromatic heterocycles. The highest BCUT2D eigenvalue weighted by Crippen LogP contribution is 2.29. The quantitative estimate of drug-likeness (QED) is 0.463. The fourth-order valence-electron chi connectivity index (χ4n) is 2.82. The van der Waals surface area contributed by atoms with E-state index >= 15 is 0 Å². The van der Waals surface area contributed by atoms with Crippen LogP contribution in [0.25, 0.3) is 5.65 Å². The van der Waals surface area contributed by atoms with Crippen LogP contribution in [0.1, 0.15) is 28.5 Å². The maximum absolute atomic E-state index is 12.8. The number of aromatic nitrogens is 2. The summed E-state index contributed by atoms with van der Waals surface area (Å²) < 4.78 is 44.8. The summed E-state index contributed by atoms with van der Waals surface area (Å²) in [5.41, 5.74) is -0.164. The van der Waals surface area contributed by atoms with Crippen LogP contribution in [0.2, 0.25) is 0 Å². The van der Waals surface area contributed by atoms with Crippen LogP contribution in [0.5, 0.6) is 5.75 Å². The lowest BCUT2D eigenvalue weighted by atomic mass is 10.1. The largest absolute Gasteiger partial charge is 0.487 e. The zero-order chi connectivity index (χ0) is 21.9. The number of pyridine rings is 1. The first-order valence-electron chi connectivity index (χ1n) is 8.93. The van der Waals surface area contributed by atoms with E-state index in [1.165, 1.54) is 28.8 Å². The number of nitrogens with one attached hydrogen (secondary N) is 1. The minimum Gasteiger partial charge on any atom is -0.487 e. The Hall–Kier alpha value is -3.63. The Kier molecular flexibility index (Phi) is 5.90. The molecule has 1 amide bonds. The number of alkyl halides is 3. The Bertz CT molecular complexity index is 1100. The first-order chi connectivity index (χ1) is 14.2. The lowest BCUT2D eigenvalue weighted by Crippen LogP contribution is -2.25. The van der Waals surface area contributed by atoms with Crippen LogP contribution in [0.3, 0.4) is 0 Å². The highest BCUT2D eigenvalue weighted by Gasteiger charge is 2.30. The van der Waals surface area contributed by atoms with Gasteiger partial charge in [0.15, 0.2) is 5.75 Å². The molecular weight excluding hydrogens is 405 g/mol. The number of hydrogen-bond acceptors (Lipinski definition) is 5. The smallest absolute Gasteiger partial charge is 0.417 e. The van der Waals surface area contributed by atoms with E-state index in [0.717, 1.165) is 18.3 Å². The summed E-state index contributed by atoms with van der Waals surface area (Å²) in [6.45, 7) is 2.08. The molecule has 0 fully saturated rings. The molecule has 0 saturated heterocycles. The highest BCUT2D eigenvalue weighted by atomic mass is 19.4. The first kappa shape index (κ1) is 21.1. The number of nitrogens with zero attached hydrogens (tertiary/aromatic N) is 3. The number of ether oxygens (including phenoxy) is 1. The molecule has 0 saturated carbocycles. The van der Waals surface area contributed by atoms with Gasteiger partial charge in [0.2, 0.25) is 0 Å². The number of hydrogen-bond donors (Lipinski definition) is 1. The average Bonchev–Trinajstić information content (AvgIpc) is 3.09. The lowest BCUT2D eigenvalue weighted by molar-refractivity contribution is -0.385. The van der Waals surface area contributed by atoms with Crippen molar-refractivity contribution in [2.75, 3.05) is 13.2 Å². The van der Waals surface area contributed by atoms with Crippen LogP contribution in [0, 0.1) is 10.1 Å². The van der Waals surface area contributed by atoms with Crippen molar-refractivity contribution in [3.05, 3.63) is 69.7 Å². The molecule has 1 aromatic carbocycles. The number of carbonyl (C=O) groups excluding carboxylic acids is 1. The Morgan fingerprint density at radius 3 is 2.70 bits per heavy atom. The number of halogens is 3. The molecule has 0 unspecified atom stereocenters. The Morgan fingerprint density at radius 1 is 1.27 bits per heavy atom. The minimum absolute atomic E-state index is 0.0713. The van der Waals surface area contributed by atoms with Crippen LogP contribution in [-0.4, -0.2) is 33.4 Å². The number of nitro benzene ring substituents is 1. The van der Waals surface area contributed by atoms with Gasteiger partial charge >= 0.3 is 11.9 Å². The third kappa shape index (κ3) is 4.67. The van der Waals surface area contributed by atoms with Crippen molar-refractivity contribution in [2.24, 2.45) is 0 Å². The third-order valence-corrected chi connectivity index (χ3v) is 4.21. The minimum atomic E-state index is -4.45. The number of rotatable bonds is 7. The molecule has 2 heterocycles. The monoisotopic (exact) mass is 422 g/mol. The van der Waals surface area contributed by atoms with Crippen molar-refractivity contribution >= 4 is 17.2 Å². The van der Waals surface area contributed by atoms with E-state index < -0.39 is 22.6 Å². The number of benzene rings is 1. The molecule has 0 aliphatic rings. The summed E-state index contributed by atoms with van der Waals surface area (Å²) in [4.78, 5) is 27.0. The van der Waals surface area contributed by atoms with E-state index in [2.05, 4.69) is 10.3 Å². The molecule has 30 heavy (non-hydrogen) atoms. The van der Waals surface area contributed by atoms with Crippen LogP contribution in [0.4, 0.5) is 18.9 Å². The summed E-state index contributed by atoms with van der Waals surface area (Å²) in [6.07, 6.45) is -1.78. The number of nitro groups is 1. The van der Waals surface area contributed by atoms with Gasteiger partial charge in [-0.1, -0.05) is 0 Å². The SMILES string of the molecule is CCOc1ccc(C(=O)NCCc2cn3cc(C(F)(F)F)ccc3n2)cc1[N+](=O)[O-]. The van der Waals surface area contributed by atoms with Crippen molar-refractivity contribution in [3.8, 4) is 5.75 Å². The van der Waals surface area contributed by atoms with Crippen LogP contribution in [0.15, 0.2) is 42.7 Å². The van der Waals surface area contributed by atoms with Crippen molar-refractivity contribution in [1.29, 1.82) is 0 Å². The summed E-state index contributed by atoms with van der Waals surface area (Å²) >= 11 is 0. The second-order valence-electron chi connectivity index (χ2n) is 6.29. The molecule has 11 heteroatoms.